The van der Waals surface area contributed by atoms with Crippen molar-refractivity contribution in [1.82, 2.24) is 10.1 Å². The third kappa shape index (κ3) is 5.34. The van der Waals surface area contributed by atoms with E-state index in [-0.39, 0.29) is 18.6 Å². The number of carbonyl (C=O) groups is 3. The van der Waals surface area contributed by atoms with Crippen LogP contribution in [0.4, 0.5) is 5.69 Å². The minimum atomic E-state index is -0.552. The molecule has 0 spiro atoms. The Balaban J connectivity index is 1.42. The Morgan fingerprint density at radius 2 is 2.07 bits per heavy atom. The number of aryl methyl sites for hydroxylation is 1. The summed E-state index contributed by atoms with van der Waals surface area (Å²) in [7, 11) is 0. The molecule has 9 heteroatoms. The summed E-state index contributed by atoms with van der Waals surface area (Å²) in [5, 5.41) is 8.35. The molecule has 0 aliphatic carbocycles. The summed E-state index contributed by atoms with van der Waals surface area (Å²) in [4.78, 5) is 40.2. The zero-order chi connectivity index (χ0) is 19.9. The van der Waals surface area contributed by atoms with Crippen LogP contribution < -0.4 is 5.32 Å². The van der Waals surface area contributed by atoms with E-state index < -0.39 is 18.5 Å². The third-order valence-electron chi connectivity index (χ3n) is 3.67. The number of esters is 1. The largest absolute Gasteiger partial charge is 0.456 e. The van der Waals surface area contributed by atoms with Crippen LogP contribution in [0.15, 0.2) is 46.3 Å². The van der Waals surface area contributed by atoms with Crippen LogP contribution in [0.1, 0.15) is 29.6 Å². The fraction of sp³-hybridized carbons (Fsp3) is 0.211. The van der Waals surface area contributed by atoms with Crippen molar-refractivity contribution in [3.8, 4) is 10.7 Å². The Kier molecular flexibility index (Phi) is 6.28. The average Bonchev–Trinajstić information content (AvgIpc) is 3.36. The molecule has 1 N–H and O–H groups in total. The van der Waals surface area contributed by atoms with Gasteiger partial charge in [-0.1, -0.05) is 23.4 Å². The minimum Gasteiger partial charge on any atom is -0.456 e. The van der Waals surface area contributed by atoms with Crippen molar-refractivity contribution in [3.05, 3.63) is 53.2 Å². The second-order valence-corrected chi connectivity index (χ2v) is 6.78. The summed E-state index contributed by atoms with van der Waals surface area (Å²) in [5.74, 6) is -0.350. The molecule has 0 aliphatic rings. The minimum absolute atomic E-state index is 0.0131. The number of nitrogens with zero attached hydrogens (tertiary/aromatic N) is 2. The van der Waals surface area contributed by atoms with E-state index in [9.17, 15) is 14.4 Å². The van der Waals surface area contributed by atoms with Crippen LogP contribution in [0.25, 0.3) is 10.7 Å². The lowest BCUT2D eigenvalue weighted by Crippen LogP contribution is -2.21. The molecule has 1 aromatic carbocycles. The summed E-state index contributed by atoms with van der Waals surface area (Å²) < 4.78 is 10.1. The van der Waals surface area contributed by atoms with Gasteiger partial charge in [0.2, 0.25) is 11.7 Å². The fourth-order valence-corrected chi connectivity index (χ4v) is 2.95. The van der Waals surface area contributed by atoms with Crippen molar-refractivity contribution >= 4 is 34.7 Å². The molecule has 0 unspecified atom stereocenters. The number of carbonyl (C=O) groups excluding carboxylic acids is 3. The van der Waals surface area contributed by atoms with Gasteiger partial charge in [0.1, 0.15) is 0 Å². The molecule has 0 atom stereocenters. The molecular formula is C19H17N3O5S. The van der Waals surface area contributed by atoms with E-state index in [1.165, 1.54) is 18.3 Å². The predicted molar refractivity (Wildman–Crippen MR) is 102 cm³/mol. The molecule has 144 valence electrons. The van der Waals surface area contributed by atoms with E-state index in [2.05, 4.69) is 15.5 Å². The van der Waals surface area contributed by atoms with Crippen molar-refractivity contribution < 1.29 is 23.6 Å². The SMILES string of the molecule is CC(=O)c1cccc(NC(=O)COC(=O)CCc2nc(-c3cccs3)no2)c1. The molecule has 28 heavy (non-hydrogen) atoms. The van der Waals surface area contributed by atoms with Crippen molar-refractivity contribution in [2.75, 3.05) is 11.9 Å². The molecule has 2 heterocycles. The molecule has 2 aromatic heterocycles. The standard InChI is InChI=1S/C19H17N3O5S/c1-12(23)13-4-2-5-14(10-13)20-16(24)11-26-18(25)8-7-17-21-19(22-27-17)15-6-3-9-28-15/h2-6,9-10H,7-8,11H2,1H3,(H,20,24). The lowest BCUT2D eigenvalue weighted by molar-refractivity contribution is -0.147. The summed E-state index contributed by atoms with van der Waals surface area (Å²) in [6.07, 6.45) is 0.235. The van der Waals surface area contributed by atoms with Gasteiger partial charge in [-0.3, -0.25) is 14.4 Å². The number of nitrogens with one attached hydrogen (secondary N) is 1. The smallest absolute Gasteiger partial charge is 0.306 e. The fourth-order valence-electron chi connectivity index (χ4n) is 2.30. The first-order valence-corrected chi connectivity index (χ1v) is 9.32. The Hall–Kier alpha value is -3.33. The molecule has 8 nitrogen and oxygen atoms in total. The number of benzene rings is 1. The van der Waals surface area contributed by atoms with E-state index in [4.69, 9.17) is 9.26 Å². The van der Waals surface area contributed by atoms with Gasteiger partial charge in [-0.2, -0.15) is 4.98 Å². The molecule has 0 fully saturated rings. The lowest BCUT2D eigenvalue weighted by atomic mass is 10.1. The number of Topliss-reactive ketones (excluding diaryl/α,β-unsaturated/α-hetero) is 1. The summed E-state index contributed by atoms with van der Waals surface area (Å²) >= 11 is 1.49. The molecule has 1 amide bonds. The second kappa shape index (κ2) is 9.05. The lowest BCUT2D eigenvalue weighted by Gasteiger charge is -2.07. The zero-order valence-electron chi connectivity index (χ0n) is 15.0. The normalized spacial score (nSPS) is 10.5. The highest BCUT2D eigenvalue weighted by molar-refractivity contribution is 7.13. The highest BCUT2D eigenvalue weighted by atomic mass is 32.1. The van der Waals surface area contributed by atoms with Crippen molar-refractivity contribution in [1.29, 1.82) is 0 Å². The van der Waals surface area contributed by atoms with Crippen LogP contribution in [-0.2, 0) is 20.7 Å². The van der Waals surface area contributed by atoms with Gasteiger partial charge in [-0.05, 0) is 30.5 Å². The molecule has 0 radical (unpaired) electrons. The van der Waals surface area contributed by atoms with Crippen LogP contribution in [-0.4, -0.2) is 34.4 Å². The van der Waals surface area contributed by atoms with Crippen LogP contribution in [0.2, 0.25) is 0 Å². The van der Waals surface area contributed by atoms with Crippen molar-refractivity contribution in [2.45, 2.75) is 19.8 Å². The molecule has 0 aliphatic heterocycles. The molecule has 3 aromatic rings. The van der Waals surface area contributed by atoms with Gasteiger partial charge in [0.15, 0.2) is 12.4 Å². The van der Waals surface area contributed by atoms with Gasteiger partial charge in [-0.25, -0.2) is 0 Å². The third-order valence-corrected chi connectivity index (χ3v) is 4.54. The number of ketones is 1. The van der Waals surface area contributed by atoms with Crippen LogP contribution in [0.5, 0.6) is 0 Å². The van der Waals surface area contributed by atoms with E-state index in [0.717, 1.165) is 4.88 Å². The molecule has 0 saturated carbocycles. The molecule has 3 rings (SSSR count). The topological polar surface area (TPSA) is 111 Å². The molecule has 0 bridgehead atoms. The molecule has 0 saturated heterocycles. The Labute approximate surface area is 164 Å². The van der Waals surface area contributed by atoms with Gasteiger partial charge in [0.25, 0.3) is 5.91 Å². The van der Waals surface area contributed by atoms with Crippen LogP contribution in [0, 0.1) is 0 Å². The maximum atomic E-state index is 11.9. The number of ether oxygens (including phenoxy) is 1. The first-order chi connectivity index (χ1) is 13.5. The van der Waals surface area contributed by atoms with E-state index in [1.54, 1.807) is 24.3 Å². The molecular weight excluding hydrogens is 382 g/mol. The number of amides is 1. The summed E-state index contributed by atoms with van der Waals surface area (Å²) in [6.45, 7) is 1.02. The first kappa shape index (κ1) is 19.4. The van der Waals surface area contributed by atoms with Gasteiger partial charge in [-0.15, -0.1) is 11.3 Å². The average molecular weight is 399 g/mol. The van der Waals surface area contributed by atoms with E-state index >= 15 is 0 Å². The zero-order valence-corrected chi connectivity index (χ0v) is 15.8. The van der Waals surface area contributed by atoms with Gasteiger partial charge in [0, 0.05) is 17.7 Å². The van der Waals surface area contributed by atoms with Crippen molar-refractivity contribution in [3.63, 3.8) is 0 Å². The Morgan fingerprint density at radius 1 is 1.21 bits per heavy atom. The number of anilines is 1. The highest BCUT2D eigenvalue weighted by Gasteiger charge is 2.13. The number of aromatic nitrogens is 2. The summed E-state index contributed by atoms with van der Waals surface area (Å²) in [6, 6.07) is 10.3. The maximum Gasteiger partial charge on any atom is 0.306 e. The van der Waals surface area contributed by atoms with E-state index in [1.807, 2.05) is 17.5 Å². The number of hydrogen-bond acceptors (Lipinski definition) is 8. The number of rotatable bonds is 8. The van der Waals surface area contributed by atoms with Crippen LogP contribution in [0.3, 0.4) is 0 Å². The first-order valence-electron chi connectivity index (χ1n) is 8.44. The predicted octanol–water partition coefficient (Wildman–Crippen LogP) is 3.12. The van der Waals surface area contributed by atoms with E-state index in [0.29, 0.717) is 23.0 Å². The Bertz CT molecular complexity index is 981. The van der Waals surface area contributed by atoms with Crippen molar-refractivity contribution in [2.24, 2.45) is 0 Å². The van der Waals surface area contributed by atoms with Crippen LogP contribution >= 0.6 is 11.3 Å². The summed E-state index contributed by atoms with van der Waals surface area (Å²) in [5.41, 5.74) is 0.942. The quantitative estimate of drug-likeness (QED) is 0.457. The monoisotopic (exact) mass is 399 g/mol. The Morgan fingerprint density at radius 3 is 2.82 bits per heavy atom. The van der Waals surface area contributed by atoms with Gasteiger partial charge >= 0.3 is 5.97 Å². The maximum absolute atomic E-state index is 11.9. The second-order valence-electron chi connectivity index (χ2n) is 5.83. The highest BCUT2D eigenvalue weighted by Crippen LogP contribution is 2.21. The van der Waals surface area contributed by atoms with Gasteiger partial charge in [0.05, 0.1) is 11.3 Å². The van der Waals surface area contributed by atoms with Gasteiger partial charge < -0.3 is 14.6 Å². The number of thiophene rings is 1. The number of hydrogen-bond donors (Lipinski definition) is 1.